The van der Waals surface area contributed by atoms with E-state index in [-0.39, 0.29) is 11.7 Å². The highest BCUT2D eigenvalue weighted by Gasteiger charge is 2.15. The monoisotopic (exact) mass is 390 g/mol. The number of hydrogen-bond donors (Lipinski definition) is 1. The van der Waals surface area contributed by atoms with Gasteiger partial charge in [-0.2, -0.15) is 0 Å². The average Bonchev–Trinajstić information content (AvgIpc) is 3.25. The Kier molecular flexibility index (Phi) is 5.91. The fraction of sp³-hybridized carbons (Fsp3) is 0.118. The number of nitrogens with one attached hydrogen (secondary N) is 1. The zero-order chi connectivity index (χ0) is 17.6. The lowest BCUT2D eigenvalue weighted by molar-refractivity contribution is -0.113. The van der Waals surface area contributed by atoms with E-state index in [0.717, 1.165) is 10.7 Å². The highest BCUT2D eigenvalue weighted by Crippen LogP contribution is 2.27. The molecule has 2 aromatic heterocycles. The van der Waals surface area contributed by atoms with Gasteiger partial charge in [-0.05, 0) is 35.7 Å². The van der Waals surface area contributed by atoms with Crippen molar-refractivity contribution in [2.45, 2.75) is 11.7 Å². The van der Waals surface area contributed by atoms with E-state index < -0.39 is 0 Å². The lowest BCUT2D eigenvalue weighted by atomic mass is 10.3. The molecule has 3 rings (SSSR count). The number of allylic oxidation sites excluding steroid dienone is 1. The van der Waals surface area contributed by atoms with Gasteiger partial charge < -0.3 is 5.32 Å². The maximum Gasteiger partial charge on any atom is 0.234 e. The molecule has 0 spiro atoms. The van der Waals surface area contributed by atoms with E-state index in [1.165, 1.54) is 11.8 Å². The van der Waals surface area contributed by atoms with Gasteiger partial charge in [0, 0.05) is 17.3 Å². The third-order valence-corrected chi connectivity index (χ3v) is 5.31. The van der Waals surface area contributed by atoms with Crippen molar-refractivity contribution in [1.82, 2.24) is 14.8 Å². The second kappa shape index (κ2) is 8.33. The minimum absolute atomic E-state index is 0.113. The quantitative estimate of drug-likeness (QED) is 0.474. The second-order valence-electron chi connectivity index (χ2n) is 5.03. The zero-order valence-corrected chi connectivity index (χ0v) is 15.6. The Labute approximate surface area is 158 Å². The Morgan fingerprint density at radius 1 is 1.32 bits per heavy atom. The molecule has 8 heteroatoms. The van der Waals surface area contributed by atoms with Gasteiger partial charge in [0.15, 0.2) is 11.0 Å². The third-order valence-electron chi connectivity index (χ3n) is 3.23. The first-order chi connectivity index (χ1) is 12.2. The van der Waals surface area contributed by atoms with Crippen LogP contribution in [0.2, 0.25) is 5.02 Å². The lowest BCUT2D eigenvalue weighted by Crippen LogP contribution is -2.14. The highest BCUT2D eigenvalue weighted by atomic mass is 35.5. The summed E-state index contributed by atoms with van der Waals surface area (Å²) in [6.07, 6.45) is 1.79. The minimum Gasteiger partial charge on any atom is -0.325 e. The van der Waals surface area contributed by atoms with Crippen molar-refractivity contribution in [2.75, 3.05) is 11.1 Å². The Morgan fingerprint density at radius 2 is 2.12 bits per heavy atom. The van der Waals surface area contributed by atoms with Crippen LogP contribution in [0.1, 0.15) is 0 Å². The van der Waals surface area contributed by atoms with Crippen LogP contribution in [-0.4, -0.2) is 26.4 Å². The van der Waals surface area contributed by atoms with Gasteiger partial charge in [-0.1, -0.05) is 35.5 Å². The van der Waals surface area contributed by atoms with E-state index in [2.05, 4.69) is 22.1 Å². The van der Waals surface area contributed by atoms with E-state index in [0.29, 0.717) is 22.4 Å². The molecule has 25 heavy (non-hydrogen) atoms. The van der Waals surface area contributed by atoms with E-state index >= 15 is 0 Å². The number of rotatable bonds is 7. The molecule has 3 aromatic rings. The number of halogens is 1. The maximum atomic E-state index is 12.1. The van der Waals surface area contributed by atoms with Gasteiger partial charge >= 0.3 is 0 Å². The highest BCUT2D eigenvalue weighted by molar-refractivity contribution is 7.99. The SMILES string of the molecule is C=CCn1c(SCC(=O)Nc2ccc(Cl)cc2)nnc1-c1cccs1. The molecule has 0 aliphatic carbocycles. The number of anilines is 1. The molecule has 5 nitrogen and oxygen atoms in total. The Balaban J connectivity index is 1.67. The summed E-state index contributed by atoms with van der Waals surface area (Å²) >= 11 is 8.78. The van der Waals surface area contributed by atoms with Crippen molar-refractivity contribution in [1.29, 1.82) is 0 Å². The van der Waals surface area contributed by atoms with Crippen molar-refractivity contribution >= 4 is 46.3 Å². The average molecular weight is 391 g/mol. The Bertz CT molecular complexity index is 859. The van der Waals surface area contributed by atoms with E-state index in [1.54, 1.807) is 41.7 Å². The predicted molar refractivity (Wildman–Crippen MR) is 104 cm³/mol. The maximum absolute atomic E-state index is 12.1. The molecule has 0 saturated carbocycles. The van der Waals surface area contributed by atoms with Crippen molar-refractivity contribution in [2.24, 2.45) is 0 Å². The van der Waals surface area contributed by atoms with Gasteiger partial charge in [-0.15, -0.1) is 28.1 Å². The molecule has 1 N–H and O–H groups in total. The van der Waals surface area contributed by atoms with Crippen molar-refractivity contribution in [3.63, 3.8) is 0 Å². The zero-order valence-electron chi connectivity index (χ0n) is 13.2. The summed E-state index contributed by atoms with van der Waals surface area (Å²) in [5, 5.41) is 14.6. The summed E-state index contributed by atoms with van der Waals surface area (Å²) < 4.78 is 1.96. The van der Waals surface area contributed by atoms with Gasteiger partial charge in [0.1, 0.15) is 0 Å². The number of hydrogen-bond acceptors (Lipinski definition) is 5. The Hall–Kier alpha value is -2.09. The molecular weight excluding hydrogens is 376 g/mol. The largest absolute Gasteiger partial charge is 0.325 e. The summed E-state index contributed by atoms with van der Waals surface area (Å²) in [5.41, 5.74) is 0.710. The first-order valence-electron chi connectivity index (χ1n) is 7.43. The minimum atomic E-state index is -0.113. The molecule has 2 heterocycles. The number of carbonyl (C=O) groups is 1. The molecule has 0 aliphatic rings. The molecule has 0 saturated heterocycles. The number of aromatic nitrogens is 3. The van der Waals surface area contributed by atoms with Crippen LogP contribution in [0.5, 0.6) is 0 Å². The standard InChI is InChI=1S/C17H15ClN4OS2/c1-2-9-22-16(14-4-3-10-24-14)20-21-17(22)25-11-15(23)19-13-7-5-12(18)6-8-13/h2-8,10H,1,9,11H2,(H,19,23). The summed E-state index contributed by atoms with van der Waals surface area (Å²) in [6.45, 7) is 4.37. The molecule has 0 atom stereocenters. The fourth-order valence-corrected chi connectivity index (χ4v) is 3.73. The molecule has 0 fully saturated rings. The first kappa shape index (κ1) is 17.7. The lowest BCUT2D eigenvalue weighted by Gasteiger charge is -2.07. The molecular formula is C17H15ClN4OS2. The number of benzene rings is 1. The van der Waals surface area contributed by atoms with Gasteiger partial charge in [0.25, 0.3) is 0 Å². The number of carbonyl (C=O) groups excluding carboxylic acids is 1. The number of thioether (sulfide) groups is 1. The van der Waals surface area contributed by atoms with Crippen LogP contribution in [0.3, 0.4) is 0 Å². The van der Waals surface area contributed by atoms with Crippen molar-refractivity contribution in [3.05, 3.63) is 59.5 Å². The van der Waals surface area contributed by atoms with E-state index in [9.17, 15) is 4.79 Å². The smallest absolute Gasteiger partial charge is 0.234 e. The topological polar surface area (TPSA) is 59.8 Å². The molecule has 1 amide bonds. The van der Waals surface area contributed by atoms with Crippen LogP contribution in [-0.2, 0) is 11.3 Å². The molecule has 0 aliphatic heterocycles. The molecule has 128 valence electrons. The van der Waals surface area contributed by atoms with Crippen LogP contribution in [0.25, 0.3) is 10.7 Å². The van der Waals surface area contributed by atoms with Crippen molar-refractivity contribution < 1.29 is 4.79 Å². The van der Waals surface area contributed by atoms with Crippen LogP contribution in [0, 0.1) is 0 Å². The van der Waals surface area contributed by atoms with E-state index in [1.807, 2.05) is 22.1 Å². The molecule has 0 bridgehead atoms. The normalized spacial score (nSPS) is 10.6. The van der Waals surface area contributed by atoms with Gasteiger partial charge in [0.05, 0.1) is 10.6 Å². The van der Waals surface area contributed by atoms with Crippen molar-refractivity contribution in [3.8, 4) is 10.7 Å². The molecule has 1 aromatic carbocycles. The van der Waals surface area contributed by atoms with Gasteiger partial charge in [-0.25, -0.2) is 0 Å². The summed E-state index contributed by atoms with van der Waals surface area (Å²) in [7, 11) is 0. The van der Waals surface area contributed by atoms with Crippen LogP contribution < -0.4 is 5.32 Å². The molecule has 0 unspecified atom stereocenters. The summed E-state index contributed by atoms with van der Waals surface area (Å²) in [6, 6.07) is 11.0. The van der Waals surface area contributed by atoms with E-state index in [4.69, 9.17) is 11.6 Å². The third kappa shape index (κ3) is 4.50. The number of thiophene rings is 1. The predicted octanol–water partition coefficient (Wildman–Crippen LogP) is 4.58. The van der Waals surface area contributed by atoms with Crippen LogP contribution in [0.4, 0.5) is 5.69 Å². The van der Waals surface area contributed by atoms with Crippen LogP contribution >= 0.6 is 34.7 Å². The van der Waals surface area contributed by atoms with Gasteiger partial charge in [0.2, 0.25) is 5.91 Å². The fourth-order valence-electron chi connectivity index (χ4n) is 2.14. The summed E-state index contributed by atoms with van der Waals surface area (Å²) in [4.78, 5) is 13.2. The van der Waals surface area contributed by atoms with Crippen LogP contribution in [0.15, 0.2) is 59.6 Å². The second-order valence-corrected chi connectivity index (χ2v) is 7.35. The van der Waals surface area contributed by atoms with Gasteiger partial charge in [-0.3, -0.25) is 9.36 Å². The Morgan fingerprint density at radius 3 is 2.80 bits per heavy atom. The first-order valence-corrected chi connectivity index (χ1v) is 9.68. The number of amides is 1. The summed E-state index contributed by atoms with van der Waals surface area (Å²) in [5.74, 6) is 0.913. The number of nitrogens with zero attached hydrogens (tertiary/aromatic N) is 3. The molecule has 0 radical (unpaired) electrons.